The van der Waals surface area contributed by atoms with E-state index in [1.165, 1.54) is 27.4 Å². The fourth-order valence-corrected chi connectivity index (χ4v) is 2.49. The van der Waals surface area contributed by atoms with Crippen molar-refractivity contribution in [2.24, 2.45) is 0 Å². The standard InChI is InChI=1S/C21H25NO6/c1-5-6-11-28-18-10-7-14(12-19(18)26-3)20(23)22-17-9-8-15(25-2)13-16(17)21(24)27-4/h7-10,12-13H,5-6,11H2,1-4H3,(H,22,23). The summed E-state index contributed by atoms with van der Waals surface area (Å²) in [5.74, 6) is 0.549. The quantitative estimate of drug-likeness (QED) is 0.519. The number of anilines is 1. The number of benzene rings is 2. The number of amides is 1. The predicted molar refractivity (Wildman–Crippen MR) is 106 cm³/mol. The number of esters is 1. The molecular formula is C21H25NO6. The molecule has 0 fully saturated rings. The highest BCUT2D eigenvalue weighted by Crippen LogP contribution is 2.29. The highest BCUT2D eigenvalue weighted by atomic mass is 16.5. The first kappa shape index (κ1) is 21.1. The summed E-state index contributed by atoms with van der Waals surface area (Å²) >= 11 is 0. The zero-order valence-electron chi connectivity index (χ0n) is 16.5. The van der Waals surface area contributed by atoms with Gasteiger partial charge in [0, 0.05) is 5.56 Å². The Hall–Kier alpha value is -3.22. The van der Waals surface area contributed by atoms with Crippen LogP contribution in [0, 0.1) is 0 Å². The maximum Gasteiger partial charge on any atom is 0.340 e. The first-order chi connectivity index (χ1) is 13.5. The zero-order chi connectivity index (χ0) is 20.5. The van der Waals surface area contributed by atoms with Gasteiger partial charge in [-0.15, -0.1) is 0 Å². The molecule has 0 atom stereocenters. The second-order valence-corrected chi connectivity index (χ2v) is 5.92. The predicted octanol–water partition coefficient (Wildman–Crippen LogP) is 3.92. The summed E-state index contributed by atoms with van der Waals surface area (Å²) in [5, 5.41) is 2.72. The number of hydrogen-bond acceptors (Lipinski definition) is 6. The summed E-state index contributed by atoms with van der Waals surface area (Å²) in [5.41, 5.74) is 0.882. The maximum absolute atomic E-state index is 12.7. The second kappa shape index (κ2) is 10.2. The molecule has 150 valence electrons. The summed E-state index contributed by atoms with van der Waals surface area (Å²) in [4.78, 5) is 24.7. The lowest BCUT2D eigenvalue weighted by molar-refractivity contribution is 0.0601. The molecule has 1 N–H and O–H groups in total. The van der Waals surface area contributed by atoms with Crippen molar-refractivity contribution in [3.05, 3.63) is 47.5 Å². The summed E-state index contributed by atoms with van der Waals surface area (Å²) in [6, 6.07) is 9.67. The molecule has 0 aliphatic rings. The smallest absolute Gasteiger partial charge is 0.340 e. The molecule has 7 nitrogen and oxygen atoms in total. The third kappa shape index (κ3) is 5.16. The first-order valence-electron chi connectivity index (χ1n) is 8.92. The van der Waals surface area contributed by atoms with Crippen LogP contribution in [0.1, 0.15) is 40.5 Å². The van der Waals surface area contributed by atoms with Crippen LogP contribution in [-0.2, 0) is 4.74 Å². The van der Waals surface area contributed by atoms with Crippen LogP contribution >= 0.6 is 0 Å². The minimum atomic E-state index is -0.577. The van der Waals surface area contributed by atoms with Crippen LogP contribution in [0.4, 0.5) is 5.69 Å². The number of hydrogen-bond donors (Lipinski definition) is 1. The highest BCUT2D eigenvalue weighted by Gasteiger charge is 2.17. The SMILES string of the molecule is CCCCOc1ccc(C(=O)Nc2ccc(OC)cc2C(=O)OC)cc1OC. The Morgan fingerprint density at radius 3 is 2.39 bits per heavy atom. The molecule has 0 saturated heterocycles. The van der Waals surface area contributed by atoms with E-state index < -0.39 is 11.9 Å². The normalized spacial score (nSPS) is 10.1. The molecule has 2 rings (SSSR count). The lowest BCUT2D eigenvalue weighted by Crippen LogP contribution is -2.15. The average molecular weight is 387 g/mol. The Balaban J connectivity index is 2.24. The number of methoxy groups -OCH3 is 3. The van der Waals surface area contributed by atoms with Gasteiger partial charge in [-0.1, -0.05) is 13.3 Å². The average Bonchev–Trinajstić information content (AvgIpc) is 2.73. The van der Waals surface area contributed by atoms with Crippen molar-refractivity contribution in [3.8, 4) is 17.2 Å². The van der Waals surface area contributed by atoms with Gasteiger partial charge < -0.3 is 24.3 Å². The highest BCUT2D eigenvalue weighted by molar-refractivity contribution is 6.08. The summed E-state index contributed by atoms with van der Waals surface area (Å²) in [6.07, 6.45) is 1.95. The topological polar surface area (TPSA) is 83.1 Å². The van der Waals surface area contributed by atoms with Gasteiger partial charge in [0.25, 0.3) is 5.91 Å². The molecule has 0 aliphatic carbocycles. The van der Waals surface area contributed by atoms with Crippen molar-refractivity contribution in [1.29, 1.82) is 0 Å². The van der Waals surface area contributed by atoms with E-state index in [9.17, 15) is 9.59 Å². The number of rotatable bonds is 9. The third-order valence-corrected chi connectivity index (χ3v) is 4.06. The number of unbranched alkanes of at least 4 members (excludes halogenated alkanes) is 1. The van der Waals surface area contributed by atoms with Crippen LogP contribution in [-0.4, -0.2) is 39.8 Å². The van der Waals surface area contributed by atoms with Gasteiger partial charge in [-0.2, -0.15) is 0 Å². The van der Waals surface area contributed by atoms with Crippen molar-refractivity contribution in [2.75, 3.05) is 33.3 Å². The van der Waals surface area contributed by atoms with E-state index in [4.69, 9.17) is 18.9 Å². The van der Waals surface area contributed by atoms with E-state index in [-0.39, 0.29) is 5.56 Å². The molecule has 28 heavy (non-hydrogen) atoms. The van der Waals surface area contributed by atoms with Crippen molar-refractivity contribution in [1.82, 2.24) is 0 Å². The van der Waals surface area contributed by atoms with Gasteiger partial charge in [0.05, 0.1) is 39.2 Å². The molecule has 0 bridgehead atoms. The molecule has 0 saturated carbocycles. The van der Waals surface area contributed by atoms with Crippen LogP contribution in [0.25, 0.3) is 0 Å². The van der Waals surface area contributed by atoms with Crippen LogP contribution < -0.4 is 19.5 Å². The molecule has 1 amide bonds. The zero-order valence-corrected chi connectivity index (χ0v) is 16.5. The number of ether oxygens (including phenoxy) is 4. The minimum absolute atomic E-state index is 0.196. The number of nitrogens with one attached hydrogen (secondary N) is 1. The Morgan fingerprint density at radius 2 is 1.75 bits per heavy atom. The summed E-state index contributed by atoms with van der Waals surface area (Å²) in [7, 11) is 4.28. The maximum atomic E-state index is 12.7. The van der Waals surface area contributed by atoms with Gasteiger partial charge in [-0.3, -0.25) is 4.79 Å². The molecule has 0 heterocycles. The van der Waals surface area contributed by atoms with E-state index in [1.54, 1.807) is 30.3 Å². The first-order valence-corrected chi connectivity index (χ1v) is 8.92. The van der Waals surface area contributed by atoms with Gasteiger partial charge in [0.2, 0.25) is 0 Å². The third-order valence-electron chi connectivity index (χ3n) is 4.06. The van der Waals surface area contributed by atoms with E-state index >= 15 is 0 Å². The largest absolute Gasteiger partial charge is 0.497 e. The van der Waals surface area contributed by atoms with E-state index in [0.717, 1.165) is 12.8 Å². The Morgan fingerprint density at radius 1 is 0.964 bits per heavy atom. The van der Waals surface area contributed by atoms with Gasteiger partial charge >= 0.3 is 5.97 Å². The Labute approximate surface area is 164 Å². The lowest BCUT2D eigenvalue weighted by Gasteiger charge is -2.14. The molecule has 0 unspecified atom stereocenters. The van der Waals surface area contributed by atoms with Crippen molar-refractivity contribution >= 4 is 17.6 Å². The second-order valence-electron chi connectivity index (χ2n) is 5.92. The van der Waals surface area contributed by atoms with Crippen molar-refractivity contribution in [2.45, 2.75) is 19.8 Å². The van der Waals surface area contributed by atoms with E-state index in [2.05, 4.69) is 12.2 Å². The summed E-state index contributed by atoms with van der Waals surface area (Å²) < 4.78 is 20.9. The van der Waals surface area contributed by atoms with Crippen LogP contribution in [0.2, 0.25) is 0 Å². The van der Waals surface area contributed by atoms with Gasteiger partial charge in [-0.05, 0) is 42.8 Å². The van der Waals surface area contributed by atoms with Crippen LogP contribution in [0.5, 0.6) is 17.2 Å². The molecule has 2 aromatic rings. The Bertz CT molecular complexity index is 834. The fourth-order valence-electron chi connectivity index (χ4n) is 2.49. The van der Waals surface area contributed by atoms with Crippen LogP contribution in [0.3, 0.4) is 0 Å². The molecule has 0 aliphatic heterocycles. The van der Waals surface area contributed by atoms with Gasteiger partial charge in [0.15, 0.2) is 11.5 Å². The minimum Gasteiger partial charge on any atom is -0.497 e. The number of carbonyl (C=O) groups excluding carboxylic acids is 2. The molecule has 0 spiro atoms. The van der Waals surface area contributed by atoms with E-state index in [0.29, 0.717) is 35.1 Å². The molecular weight excluding hydrogens is 362 g/mol. The molecule has 2 aromatic carbocycles. The molecule has 7 heteroatoms. The van der Waals surface area contributed by atoms with E-state index in [1.807, 2.05) is 0 Å². The lowest BCUT2D eigenvalue weighted by atomic mass is 10.1. The monoisotopic (exact) mass is 387 g/mol. The van der Waals surface area contributed by atoms with Crippen molar-refractivity contribution < 1.29 is 28.5 Å². The van der Waals surface area contributed by atoms with Gasteiger partial charge in [-0.25, -0.2) is 4.79 Å². The summed E-state index contributed by atoms with van der Waals surface area (Å²) in [6.45, 7) is 2.66. The molecule has 0 aromatic heterocycles. The Kier molecular flexibility index (Phi) is 7.68. The number of carbonyl (C=O) groups is 2. The van der Waals surface area contributed by atoms with Crippen LogP contribution in [0.15, 0.2) is 36.4 Å². The van der Waals surface area contributed by atoms with Crippen molar-refractivity contribution in [3.63, 3.8) is 0 Å². The fraction of sp³-hybridized carbons (Fsp3) is 0.333. The van der Waals surface area contributed by atoms with Gasteiger partial charge in [0.1, 0.15) is 5.75 Å². The molecule has 0 radical (unpaired) electrons.